The first-order valence-corrected chi connectivity index (χ1v) is 5.98. The zero-order chi connectivity index (χ0) is 10.6. The molecule has 2 nitrogen and oxygen atoms in total. The molecule has 0 saturated heterocycles. The second-order valence-corrected chi connectivity index (χ2v) is 5.29. The van der Waals surface area contributed by atoms with Gasteiger partial charge in [-0.3, -0.25) is 0 Å². The Labute approximate surface area is 88.1 Å². The van der Waals surface area contributed by atoms with Crippen LogP contribution in [-0.4, -0.2) is 23.8 Å². The molecule has 1 rings (SSSR count). The van der Waals surface area contributed by atoms with Crippen molar-refractivity contribution >= 4 is 0 Å². The molecule has 1 fully saturated rings. The van der Waals surface area contributed by atoms with Crippen molar-refractivity contribution in [3.8, 4) is 0 Å². The summed E-state index contributed by atoms with van der Waals surface area (Å²) >= 11 is 0. The van der Waals surface area contributed by atoms with Crippen molar-refractivity contribution in [1.82, 2.24) is 5.32 Å². The molecule has 84 valence electrons. The molecule has 3 atom stereocenters. The summed E-state index contributed by atoms with van der Waals surface area (Å²) in [5, 5.41) is 12.8. The van der Waals surface area contributed by atoms with Gasteiger partial charge in [0.2, 0.25) is 0 Å². The fourth-order valence-electron chi connectivity index (χ4n) is 2.46. The monoisotopic (exact) mass is 199 g/mol. The molecule has 0 aliphatic heterocycles. The maximum absolute atomic E-state index is 9.24. The Morgan fingerprint density at radius 1 is 1.36 bits per heavy atom. The van der Waals surface area contributed by atoms with E-state index in [9.17, 15) is 5.11 Å². The lowest BCUT2D eigenvalue weighted by Gasteiger charge is -2.22. The summed E-state index contributed by atoms with van der Waals surface area (Å²) in [6, 6.07) is 0.964. The molecule has 0 aromatic rings. The third-order valence-electron chi connectivity index (χ3n) is 3.14. The van der Waals surface area contributed by atoms with Crippen LogP contribution in [0.5, 0.6) is 0 Å². The Morgan fingerprint density at radius 3 is 2.50 bits per heavy atom. The molecule has 0 heterocycles. The van der Waals surface area contributed by atoms with Gasteiger partial charge in [-0.1, -0.05) is 20.8 Å². The largest absolute Gasteiger partial charge is 0.395 e. The number of nitrogens with one attached hydrogen (secondary N) is 1. The van der Waals surface area contributed by atoms with Crippen molar-refractivity contribution < 1.29 is 5.11 Å². The third-order valence-corrected chi connectivity index (χ3v) is 3.14. The minimum absolute atomic E-state index is 0.281. The highest BCUT2D eigenvalue weighted by molar-refractivity contribution is 4.81. The van der Waals surface area contributed by atoms with Crippen LogP contribution < -0.4 is 5.32 Å². The van der Waals surface area contributed by atoms with Gasteiger partial charge in [-0.05, 0) is 37.5 Å². The molecule has 0 radical (unpaired) electrons. The van der Waals surface area contributed by atoms with Crippen LogP contribution in [0.15, 0.2) is 0 Å². The molecule has 0 amide bonds. The van der Waals surface area contributed by atoms with Crippen molar-refractivity contribution in [2.75, 3.05) is 6.61 Å². The highest BCUT2D eigenvalue weighted by Gasteiger charge is 2.23. The molecule has 0 aromatic carbocycles. The van der Waals surface area contributed by atoms with Gasteiger partial charge in [-0.2, -0.15) is 0 Å². The van der Waals surface area contributed by atoms with Gasteiger partial charge in [0.05, 0.1) is 6.61 Å². The van der Waals surface area contributed by atoms with E-state index in [-0.39, 0.29) is 6.61 Å². The standard InChI is InChI=1S/C12H25NO/c1-9(2)6-12(8-14)13-11-5-4-10(3)7-11/h9-14H,4-8H2,1-3H3/t10-,11+,12+/m0/s1. The molecule has 1 aliphatic carbocycles. The van der Waals surface area contributed by atoms with E-state index in [1.807, 2.05) is 0 Å². The molecule has 1 aliphatic rings. The quantitative estimate of drug-likeness (QED) is 0.711. The summed E-state index contributed by atoms with van der Waals surface area (Å²) in [5.41, 5.74) is 0. The summed E-state index contributed by atoms with van der Waals surface area (Å²) in [6.07, 6.45) is 5.00. The van der Waals surface area contributed by atoms with Crippen LogP contribution in [0.4, 0.5) is 0 Å². The molecule has 14 heavy (non-hydrogen) atoms. The van der Waals surface area contributed by atoms with E-state index in [1.165, 1.54) is 19.3 Å². The third kappa shape index (κ3) is 3.97. The molecular weight excluding hydrogens is 174 g/mol. The number of hydrogen-bond donors (Lipinski definition) is 2. The molecule has 1 saturated carbocycles. The van der Waals surface area contributed by atoms with E-state index in [4.69, 9.17) is 0 Å². The van der Waals surface area contributed by atoms with Crippen molar-refractivity contribution in [3.63, 3.8) is 0 Å². The van der Waals surface area contributed by atoms with E-state index >= 15 is 0 Å². The van der Waals surface area contributed by atoms with E-state index in [2.05, 4.69) is 26.1 Å². The maximum atomic E-state index is 9.24. The first kappa shape index (κ1) is 12.0. The van der Waals surface area contributed by atoms with E-state index < -0.39 is 0 Å². The normalized spacial score (nSPS) is 29.8. The molecule has 0 unspecified atom stereocenters. The highest BCUT2D eigenvalue weighted by atomic mass is 16.3. The minimum Gasteiger partial charge on any atom is -0.395 e. The van der Waals surface area contributed by atoms with E-state index in [0.717, 1.165) is 12.3 Å². The minimum atomic E-state index is 0.281. The second kappa shape index (κ2) is 5.72. The molecule has 2 N–H and O–H groups in total. The Balaban J connectivity index is 2.26. The smallest absolute Gasteiger partial charge is 0.0584 e. The van der Waals surface area contributed by atoms with Crippen LogP contribution >= 0.6 is 0 Å². The van der Waals surface area contributed by atoms with Crippen LogP contribution in [0.3, 0.4) is 0 Å². The lowest BCUT2D eigenvalue weighted by atomic mass is 10.0. The van der Waals surface area contributed by atoms with Crippen LogP contribution in [0.2, 0.25) is 0 Å². The average molecular weight is 199 g/mol. The lowest BCUT2D eigenvalue weighted by Crippen LogP contribution is -2.40. The van der Waals surface area contributed by atoms with Crippen molar-refractivity contribution in [1.29, 1.82) is 0 Å². The van der Waals surface area contributed by atoms with Gasteiger partial charge >= 0.3 is 0 Å². The predicted molar refractivity (Wildman–Crippen MR) is 60.3 cm³/mol. The number of aliphatic hydroxyl groups excluding tert-OH is 1. The summed E-state index contributed by atoms with van der Waals surface area (Å²) in [4.78, 5) is 0. The average Bonchev–Trinajstić information content (AvgIpc) is 2.49. The molecular formula is C12H25NO. The predicted octanol–water partition coefficient (Wildman–Crippen LogP) is 2.17. The van der Waals surface area contributed by atoms with E-state index in [0.29, 0.717) is 18.0 Å². The Kier molecular flexibility index (Phi) is 4.90. The summed E-state index contributed by atoms with van der Waals surface area (Å²) < 4.78 is 0. The second-order valence-electron chi connectivity index (χ2n) is 5.29. The highest BCUT2D eigenvalue weighted by Crippen LogP contribution is 2.25. The van der Waals surface area contributed by atoms with Crippen LogP contribution in [0.25, 0.3) is 0 Å². The summed E-state index contributed by atoms with van der Waals surface area (Å²) in [7, 11) is 0. The Bertz CT molecular complexity index is 158. The summed E-state index contributed by atoms with van der Waals surface area (Å²) in [5.74, 6) is 1.53. The van der Waals surface area contributed by atoms with Gasteiger partial charge in [0.1, 0.15) is 0 Å². The SMILES string of the molecule is CC(C)C[C@H](CO)N[C@@H]1CC[C@H](C)C1. The lowest BCUT2D eigenvalue weighted by molar-refractivity contribution is 0.212. The Hall–Kier alpha value is -0.0800. The number of hydrogen-bond acceptors (Lipinski definition) is 2. The van der Waals surface area contributed by atoms with Gasteiger partial charge < -0.3 is 10.4 Å². The van der Waals surface area contributed by atoms with Crippen LogP contribution in [0.1, 0.15) is 46.5 Å². The fourth-order valence-corrected chi connectivity index (χ4v) is 2.46. The van der Waals surface area contributed by atoms with Gasteiger partial charge in [0.25, 0.3) is 0 Å². The molecule has 0 spiro atoms. The number of aliphatic hydroxyl groups is 1. The molecule has 0 aromatic heterocycles. The Morgan fingerprint density at radius 2 is 2.07 bits per heavy atom. The zero-order valence-electron chi connectivity index (χ0n) is 9.79. The van der Waals surface area contributed by atoms with Crippen molar-refractivity contribution in [2.24, 2.45) is 11.8 Å². The van der Waals surface area contributed by atoms with Crippen LogP contribution in [0, 0.1) is 11.8 Å². The first-order valence-electron chi connectivity index (χ1n) is 5.98. The number of rotatable bonds is 5. The molecule has 0 bridgehead atoms. The first-order chi connectivity index (χ1) is 6.61. The van der Waals surface area contributed by atoms with Gasteiger partial charge in [-0.15, -0.1) is 0 Å². The summed E-state index contributed by atoms with van der Waals surface area (Å²) in [6.45, 7) is 7.02. The van der Waals surface area contributed by atoms with Gasteiger partial charge in [0, 0.05) is 12.1 Å². The fraction of sp³-hybridized carbons (Fsp3) is 1.00. The van der Waals surface area contributed by atoms with Crippen LogP contribution in [-0.2, 0) is 0 Å². The van der Waals surface area contributed by atoms with E-state index in [1.54, 1.807) is 0 Å². The maximum Gasteiger partial charge on any atom is 0.0584 e. The van der Waals surface area contributed by atoms with Crippen molar-refractivity contribution in [2.45, 2.75) is 58.5 Å². The van der Waals surface area contributed by atoms with Gasteiger partial charge in [-0.25, -0.2) is 0 Å². The van der Waals surface area contributed by atoms with Crippen molar-refractivity contribution in [3.05, 3.63) is 0 Å². The van der Waals surface area contributed by atoms with Gasteiger partial charge in [0.15, 0.2) is 0 Å². The zero-order valence-corrected chi connectivity index (χ0v) is 9.79. The topological polar surface area (TPSA) is 32.3 Å². The molecule has 2 heteroatoms.